The molecule has 0 unspecified atom stereocenters. The fourth-order valence-corrected chi connectivity index (χ4v) is 1.88. The van der Waals surface area contributed by atoms with Crippen molar-refractivity contribution in [3.05, 3.63) is 34.6 Å². The van der Waals surface area contributed by atoms with E-state index in [0.717, 1.165) is 6.54 Å². The highest BCUT2D eigenvalue weighted by Gasteiger charge is 2.21. The van der Waals surface area contributed by atoms with Crippen LogP contribution in [-0.2, 0) is 4.79 Å². The van der Waals surface area contributed by atoms with Gasteiger partial charge < -0.3 is 5.32 Å². The maximum atomic E-state index is 13.8. The molecule has 0 amide bonds. The van der Waals surface area contributed by atoms with Gasteiger partial charge in [-0.05, 0) is 24.2 Å². The van der Waals surface area contributed by atoms with Gasteiger partial charge in [-0.15, -0.1) is 0 Å². The highest BCUT2D eigenvalue weighted by molar-refractivity contribution is 6.30. The molecule has 94 valence electrons. The van der Waals surface area contributed by atoms with Gasteiger partial charge in [0.1, 0.15) is 11.6 Å². The molecule has 0 radical (unpaired) electrons. The number of ketones is 1. The van der Waals surface area contributed by atoms with Crippen LogP contribution in [0.2, 0.25) is 5.02 Å². The molecule has 2 nitrogen and oxygen atoms in total. The Kier molecular flexibility index (Phi) is 5.59. The summed E-state index contributed by atoms with van der Waals surface area (Å²) in [7, 11) is 0. The van der Waals surface area contributed by atoms with Crippen LogP contribution >= 0.6 is 11.6 Å². The molecule has 0 saturated heterocycles. The molecule has 1 aromatic carbocycles. The van der Waals surface area contributed by atoms with Gasteiger partial charge in [0.25, 0.3) is 0 Å². The van der Waals surface area contributed by atoms with E-state index in [0.29, 0.717) is 23.6 Å². The van der Waals surface area contributed by atoms with Crippen LogP contribution in [0.3, 0.4) is 0 Å². The lowest BCUT2D eigenvalue weighted by Gasteiger charge is -2.16. The summed E-state index contributed by atoms with van der Waals surface area (Å²) in [6.07, 6.45) is 0.401. The molecular weight excluding hydrogens is 241 g/mol. The molecule has 1 N–H and O–H groups in total. The Balaban J connectivity index is 2.99. The van der Waals surface area contributed by atoms with E-state index in [-0.39, 0.29) is 5.78 Å². The highest BCUT2D eigenvalue weighted by atomic mass is 35.5. The molecule has 0 saturated carbocycles. The highest BCUT2D eigenvalue weighted by Crippen LogP contribution is 2.23. The van der Waals surface area contributed by atoms with Crippen molar-refractivity contribution in [1.82, 2.24) is 5.32 Å². The summed E-state index contributed by atoms with van der Waals surface area (Å²) >= 11 is 5.70. The van der Waals surface area contributed by atoms with E-state index in [1.807, 2.05) is 6.92 Å². The molecule has 0 aliphatic carbocycles. The van der Waals surface area contributed by atoms with E-state index in [4.69, 9.17) is 11.6 Å². The Morgan fingerprint density at radius 1 is 1.47 bits per heavy atom. The number of hydrogen-bond acceptors (Lipinski definition) is 2. The van der Waals surface area contributed by atoms with Crippen molar-refractivity contribution in [3.8, 4) is 0 Å². The quantitative estimate of drug-likeness (QED) is 0.848. The predicted octanol–water partition coefficient (Wildman–Crippen LogP) is 3.15. The third kappa shape index (κ3) is 3.79. The van der Waals surface area contributed by atoms with E-state index in [1.165, 1.54) is 6.07 Å². The first-order chi connectivity index (χ1) is 8.10. The lowest BCUT2D eigenvalue weighted by atomic mass is 9.92. The van der Waals surface area contributed by atoms with Crippen LogP contribution < -0.4 is 5.32 Å². The molecule has 0 aliphatic heterocycles. The van der Waals surface area contributed by atoms with Crippen LogP contribution in [-0.4, -0.2) is 18.9 Å². The van der Waals surface area contributed by atoms with Gasteiger partial charge in [0, 0.05) is 18.0 Å². The molecular formula is C13H17ClFNO. The van der Waals surface area contributed by atoms with Crippen molar-refractivity contribution in [1.29, 1.82) is 0 Å². The van der Waals surface area contributed by atoms with E-state index in [9.17, 15) is 9.18 Å². The number of likely N-dealkylation sites (N-methyl/N-ethyl adjacent to an activating group) is 1. The third-order valence-corrected chi connectivity index (χ3v) is 2.91. The predicted molar refractivity (Wildman–Crippen MR) is 68.0 cm³/mol. The fourth-order valence-electron chi connectivity index (χ4n) is 1.72. The third-order valence-electron chi connectivity index (χ3n) is 2.67. The van der Waals surface area contributed by atoms with Crippen molar-refractivity contribution >= 4 is 17.4 Å². The van der Waals surface area contributed by atoms with Gasteiger partial charge in [-0.3, -0.25) is 4.79 Å². The Labute approximate surface area is 106 Å². The second-order valence-electron chi connectivity index (χ2n) is 3.85. The van der Waals surface area contributed by atoms with Crippen molar-refractivity contribution in [3.63, 3.8) is 0 Å². The number of nitrogens with one attached hydrogen (secondary N) is 1. The molecule has 0 spiro atoms. The van der Waals surface area contributed by atoms with Crippen LogP contribution in [0.5, 0.6) is 0 Å². The number of benzene rings is 1. The van der Waals surface area contributed by atoms with E-state index >= 15 is 0 Å². The number of hydrogen-bond donors (Lipinski definition) is 1. The Bertz CT molecular complexity index is 395. The minimum atomic E-state index is -0.433. The van der Waals surface area contributed by atoms with Crippen LogP contribution in [0.1, 0.15) is 31.7 Å². The molecule has 4 heteroatoms. The van der Waals surface area contributed by atoms with Gasteiger partial charge in [0.2, 0.25) is 0 Å². The molecule has 1 aromatic rings. The van der Waals surface area contributed by atoms with Crippen molar-refractivity contribution < 1.29 is 9.18 Å². The zero-order chi connectivity index (χ0) is 12.8. The van der Waals surface area contributed by atoms with E-state index in [1.54, 1.807) is 19.1 Å². The fraction of sp³-hybridized carbons (Fsp3) is 0.462. The normalized spacial score (nSPS) is 12.5. The van der Waals surface area contributed by atoms with Gasteiger partial charge in [-0.2, -0.15) is 0 Å². The number of carbonyl (C=O) groups excluding carboxylic acids is 1. The maximum Gasteiger partial charge on any atom is 0.141 e. The molecule has 0 aliphatic rings. The van der Waals surface area contributed by atoms with Crippen LogP contribution in [0.25, 0.3) is 0 Å². The summed E-state index contributed by atoms with van der Waals surface area (Å²) in [5, 5.41) is 3.43. The molecule has 0 bridgehead atoms. The van der Waals surface area contributed by atoms with Gasteiger partial charge in [-0.25, -0.2) is 4.39 Å². The zero-order valence-electron chi connectivity index (χ0n) is 10.1. The number of halogens is 2. The standard InChI is InChI=1S/C13H17ClFNO/c1-3-13(17)11(8-16-4-2)10-6-5-9(14)7-12(10)15/h5-7,11,16H,3-4,8H2,1-2H3/t11-/m1/s1. The van der Waals surface area contributed by atoms with Gasteiger partial charge in [-0.1, -0.05) is 31.5 Å². The molecule has 0 fully saturated rings. The first-order valence-corrected chi connectivity index (χ1v) is 6.16. The summed E-state index contributed by atoms with van der Waals surface area (Å²) in [5.74, 6) is -0.813. The maximum absolute atomic E-state index is 13.8. The monoisotopic (exact) mass is 257 g/mol. The van der Waals surface area contributed by atoms with Crippen LogP contribution in [0.15, 0.2) is 18.2 Å². The lowest BCUT2D eigenvalue weighted by molar-refractivity contribution is -0.120. The van der Waals surface area contributed by atoms with Gasteiger partial charge in [0.15, 0.2) is 0 Å². The SMILES string of the molecule is CCNC[C@@H](C(=O)CC)c1ccc(Cl)cc1F. The molecule has 17 heavy (non-hydrogen) atoms. The van der Waals surface area contributed by atoms with Crippen LogP contribution in [0, 0.1) is 5.82 Å². The zero-order valence-corrected chi connectivity index (χ0v) is 10.9. The summed E-state index contributed by atoms with van der Waals surface area (Å²) in [4.78, 5) is 11.8. The minimum Gasteiger partial charge on any atom is -0.316 e. The summed E-state index contributed by atoms with van der Waals surface area (Å²) < 4.78 is 13.8. The van der Waals surface area contributed by atoms with Gasteiger partial charge >= 0.3 is 0 Å². The van der Waals surface area contributed by atoms with Crippen LogP contribution in [0.4, 0.5) is 4.39 Å². The Morgan fingerprint density at radius 3 is 2.71 bits per heavy atom. The second kappa shape index (κ2) is 6.72. The Morgan fingerprint density at radius 2 is 2.18 bits per heavy atom. The molecule has 0 aromatic heterocycles. The smallest absolute Gasteiger partial charge is 0.141 e. The van der Waals surface area contributed by atoms with E-state index in [2.05, 4.69) is 5.32 Å². The first-order valence-electron chi connectivity index (χ1n) is 5.78. The summed E-state index contributed by atoms with van der Waals surface area (Å²) in [5.41, 5.74) is 0.419. The number of rotatable bonds is 6. The summed E-state index contributed by atoms with van der Waals surface area (Å²) in [6, 6.07) is 4.45. The molecule has 1 rings (SSSR count). The van der Waals surface area contributed by atoms with Crippen molar-refractivity contribution in [2.24, 2.45) is 0 Å². The second-order valence-corrected chi connectivity index (χ2v) is 4.28. The molecule has 1 atom stereocenters. The molecule has 0 heterocycles. The van der Waals surface area contributed by atoms with E-state index < -0.39 is 11.7 Å². The number of Topliss-reactive ketones (excluding diaryl/α,β-unsaturated/α-hetero) is 1. The Hall–Kier alpha value is -0.930. The van der Waals surface area contributed by atoms with Gasteiger partial charge in [0.05, 0.1) is 5.92 Å². The minimum absolute atomic E-state index is 0.0344. The number of carbonyl (C=O) groups is 1. The summed E-state index contributed by atoms with van der Waals surface area (Å²) in [6.45, 7) is 4.95. The topological polar surface area (TPSA) is 29.1 Å². The lowest BCUT2D eigenvalue weighted by Crippen LogP contribution is -2.27. The average molecular weight is 258 g/mol. The largest absolute Gasteiger partial charge is 0.316 e. The van der Waals surface area contributed by atoms with Crippen molar-refractivity contribution in [2.45, 2.75) is 26.2 Å². The van der Waals surface area contributed by atoms with Crippen molar-refractivity contribution in [2.75, 3.05) is 13.1 Å². The first kappa shape index (κ1) is 14.1. The average Bonchev–Trinajstić information content (AvgIpc) is 2.31.